The van der Waals surface area contributed by atoms with E-state index in [1.807, 2.05) is 24.8 Å². The molecule has 2 amide bonds. The van der Waals surface area contributed by atoms with Crippen LogP contribution in [-0.2, 0) is 9.59 Å². The third kappa shape index (κ3) is 5.31. The minimum absolute atomic E-state index is 0.0276. The van der Waals surface area contributed by atoms with E-state index in [1.54, 1.807) is 6.08 Å². The molecule has 1 saturated carbocycles. The highest BCUT2D eigenvalue weighted by Gasteiger charge is 2.27. The van der Waals surface area contributed by atoms with Gasteiger partial charge >= 0.3 is 0 Å². The van der Waals surface area contributed by atoms with E-state index in [9.17, 15) is 9.59 Å². The van der Waals surface area contributed by atoms with Gasteiger partial charge in [-0.05, 0) is 71.1 Å². The molecule has 1 saturated heterocycles. The van der Waals surface area contributed by atoms with E-state index in [4.69, 9.17) is 0 Å². The highest BCUT2D eigenvalue weighted by Crippen LogP contribution is 2.32. The van der Waals surface area contributed by atoms with Gasteiger partial charge in [-0.15, -0.1) is 0 Å². The van der Waals surface area contributed by atoms with Gasteiger partial charge in [-0.1, -0.05) is 19.3 Å². The SMILES string of the molecule is Cc1cc(/C=C/C(=O)N2CCC(C(=O)NC(C)C)CC2)c(C)n1C1CCCCC1. The first kappa shape index (κ1) is 21.7. The Morgan fingerprint density at radius 1 is 1.07 bits per heavy atom. The van der Waals surface area contributed by atoms with Gasteiger partial charge in [-0.25, -0.2) is 0 Å². The smallest absolute Gasteiger partial charge is 0.246 e. The fraction of sp³-hybridized carbons (Fsp3) is 0.667. The van der Waals surface area contributed by atoms with Crippen molar-refractivity contribution in [2.24, 2.45) is 5.92 Å². The number of nitrogens with zero attached hydrogens (tertiary/aromatic N) is 2. The number of rotatable bonds is 5. The quantitative estimate of drug-likeness (QED) is 0.747. The van der Waals surface area contributed by atoms with Gasteiger partial charge in [0.05, 0.1) is 0 Å². The van der Waals surface area contributed by atoms with Crippen LogP contribution in [0.3, 0.4) is 0 Å². The molecule has 5 heteroatoms. The summed E-state index contributed by atoms with van der Waals surface area (Å²) in [5.74, 6) is 0.202. The van der Waals surface area contributed by atoms with Crippen LogP contribution < -0.4 is 5.32 Å². The maximum absolute atomic E-state index is 12.7. The third-order valence-electron chi connectivity index (χ3n) is 6.48. The molecule has 0 aromatic carbocycles. The Labute approximate surface area is 175 Å². The Kier molecular flexibility index (Phi) is 7.20. The van der Waals surface area contributed by atoms with E-state index in [-0.39, 0.29) is 23.8 Å². The summed E-state index contributed by atoms with van der Waals surface area (Å²) in [6.45, 7) is 9.61. The molecule has 1 aromatic rings. The fourth-order valence-electron chi connectivity index (χ4n) is 4.90. The Hall–Kier alpha value is -2.04. The molecule has 0 atom stereocenters. The number of hydrogen-bond acceptors (Lipinski definition) is 2. The molecule has 1 aliphatic carbocycles. The van der Waals surface area contributed by atoms with Crippen LogP contribution in [0.2, 0.25) is 0 Å². The van der Waals surface area contributed by atoms with Gasteiger partial charge in [0.15, 0.2) is 0 Å². The Balaban J connectivity index is 1.58. The predicted octanol–water partition coefficient (Wildman–Crippen LogP) is 4.39. The van der Waals surface area contributed by atoms with Crippen LogP contribution in [0.4, 0.5) is 0 Å². The van der Waals surface area contributed by atoms with Crippen molar-refractivity contribution >= 4 is 17.9 Å². The van der Waals surface area contributed by atoms with E-state index >= 15 is 0 Å². The summed E-state index contributed by atoms with van der Waals surface area (Å²) in [6, 6.07) is 2.98. The summed E-state index contributed by atoms with van der Waals surface area (Å²) in [5.41, 5.74) is 3.70. The molecule has 0 bridgehead atoms. The summed E-state index contributed by atoms with van der Waals surface area (Å²) in [5, 5.41) is 2.99. The zero-order valence-corrected chi connectivity index (χ0v) is 18.5. The molecule has 29 heavy (non-hydrogen) atoms. The van der Waals surface area contributed by atoms with Crippen molar-refractivity contribution in [1.29, 1.82) is 0 Å². The summed E-state index contributed by atoms with van der Waals surface area (Å²) in [4.78, 5) is 26.7. The highest BCUT2D eigenvalue weighted by atomic mass is 16.2. The lowest BCUT2D eigenvalue weighted by atomic mass is 9.95. The van der Waals surface area contributed by atoms with Crippen LogP contribution in [0.5, 0.6) is 0 Å². The van der Waals surface area contributed by atoms with Gasteiger partial charge in [0, 0.05) is 48.6 Å². The van der Waals surface area contributed by atoms with E-state index in [1.165, 1.54) is 43.5 Å². The molecule has 160 valence electrons. The van der Waals surface area contributed by atoms with Crippen LogP contribution in [0, 0.1) is 19.8 Å². The minimum atomic E-state index is 0.0276. The van der Waals surface area contributed by atoms with Gasteiger partial charge in [-0.2, -0.15) is 0 Å². The molecular formula is C24H37N3O2. The van der Waals surface area contributed by atoms with Crippen molar-refractivity contribution in [3.63, 3.8) is 0 Å². The number of carbonyl (C=O) groups is 2. The summed E-state index contributed by atoms with van der Waals surface area (Å²) < 4.78 is 2.47. The van der Waals surface area contributed by atoms with Crippen molar-refractivity contribution in [2.45, 2.75) is 84.7 Å². The van der Waals surface area contributed by atoms with E-state index in [0.29, 0.717) is 19.1 Å². The number of amides is 2. The van der Waals surface area contributed by atoms with Crippen LogP contribution in [0.1, 0.15) is 81.8 Å². The Morgan fingerprint density at radius 3 is 2.34 bits per heavy atom. The van der Waals surface area contributed by atoms with Crippen molar-refractivity contribution in [3.05, 3.63) is 29.1 Å². The molecular weight excluding hydrogens is 362 g/mol. The van der Waals surface area contributed by atoms with E-state index in [0.717, 1.165) is 18.4 Å². The molecule has 2 aliphatic rings. The molecule has 1 aliphatic heterocycles. The van der Waals surface area contributed by atoms with Gasteiger partial charge < -0.3 is 14.8 Å². The molecule has 1 N–H and O–H groups in total. The van der Waals surface area contributed by atoms with Gasteiger partial charge in [0.2, 0.25) is 11.8 Å². The second kappa shape index (κ2) is 9.64. The molecule has 2 fully saturated rings. The largest absolute Gasteiger partial charge is 0.354 e. The van der Waals surface area contributed by atoms with Crippen molar-refractivity contribution < 1.29 is 9.59 Å². The van der Waals surface area contributed by atoms with E-state index in [2.05, 4.69) is 29.8 Å². The molecule has 3 rings (SSSR count). The maximum Gasteiger partial charge on any atom is 0.246 e. The second-order valence-electron chi connectivity index (χ2n) is 9.08. The average Bonchev–Trinajstić information content (AvgIpc) is 2.99. The number of likely N-dealkylation sites (tertiary alicyclic amines) is 1. The number of nitrogens with one attached hydrogen (secondary N) is 1. The molecule has 0 radical (unpaired) electrons. The summed E-state index contributed by atoms with van der Waals surface area (Å²) >= 11 is 0. The lowest BCUT2D eigenvalue weighted by Crippen LogP contribution is -2.43. The van der Waals surface area contributed by atoms with Crippen molar-refractivity contribution in [1.82, 2.24) is 14.8 Å². The molecule has 5 nitrogen and oxygen atoms in total. The van der Waals surface area contributed by atoms with Gasteiger partial charge in [0.1, 0.15) is 0 Å². The fourth-order valence-corrected chi connectivity index (χ4v) is 4.90. The molecule has 0 unspecified atom stereocenters. The van der Waals surface area contributed by atoms with Gasteiger partial charge in [-0.3, -0.25) is 9.59 Å². The third-order valence-corrected chi connectivity index (χ3v) is 6.48. The first-order valence-corrected chi connectivity index (χ1v) is 11.3. The molecule has 1 aromatic heterocycles. The van der Waals surface area contributed by atoms with Crippen LogP contribution >= 0.6 is 0 Å². The number of piperidine rings is 1. The maximum atomic E-state index is 12.7. The monoisotopic (exact) mass is 399 g/mol. The first-order chi connectivity index (χ1) is 13.9. The standard InChI is InChI=1S/C24H37N3O2/c1-17(2)25-24(29)20-12-14-26(15-13-20)23(28)11-10-21-16-18(3)27(19(21)4)22-8-6-5-7-9-22/h10-11,16-17,20,22H,5-9,12-15H2,1-4H3,(H,25,29)/b11-10+. The average molecular weight is 400 g/mol. The number of hydrogen-bond donors (Lipinski definition) is 1. The Bertz CT molecular complexity index is 748. The van der Waals surface area contributed by atoms with E-state index < -0.39 is 0 Å². The lowest BCUT2D eigenvalue weighted by Gasteiger charge is -2.31. The highest BCUT2D eigenvalue weighted by molar-refractivity contribution is 5.92. The normalized spacial score (nSPS) is 19.3. The van der Waals surface area contributed by atoms with Crippen LogP contribution in [-0.4, -0.2) is 40.4 Å². The Morgan fingerprint density at radius 2 is 1.72 bits per heavy atom. The first-order valence-electron chi connectivity index (χ1n) is 11.3. The number of aryl methyl sites for hydroxylation is 1. The predicted molar refractivity (Wildman–Crippen MR) is 118 cm³/mol. The molecule has 0 spiro atoms. The second-order valence-corrected chi connectivity index (χ2v) is 9.08. The number of carbonyl (C=O) groups excluding carboxylic acids is 2. The summed E-state index contributed by atoms with van der Waals surface area (Å²) in [6.07, 6.45) is 11.7. The zero-order valence-electron chi connectivity index (χ0n) is 18.5. The number of aromatic nitrogens is 1. The van der Waals surface area contributed by atoms with Crippen LogP contribution in [0.15, 0.2) is 12.1 Å². The minimum Gasteiger partial charge on any atom is -0.354 e. The summed E-state index contributed by atoms with van der Waals surface area (Å²) in [7, 11) is 0. The van der Waals surface area contributed by atoms with Crippen LogP contribution in [0.25, 0.3) is 6.08 Å². The van der Waals surface area contributed by atoms with Crippen molar-refractivity contribution in [2.75, 3.05) is 13.1 Å². The topological polar surface area (TPSA) is 54.3 Å². The van der Waals surface area contributed by atoms with Gasteiger partial charge in [0.25, 0.3) is 0 Å². The zero-order chi connectivity index (χ0) is 21.0. The molecule has 2 heterocycles. The lowest BCUT2D eigenvalue weighted by molar-refractivity contribution is -0.132. The van der Waals surface area contributed by atoms with Crippen molar-refractivity contribution in [3.8, 4) is 0 Å².